The van der Waals surface area contributed by atoms with Crippen molar-refractivity contribution < 1.29 is 24.2 Å². The maximum Gasteiger partial charge on any atom is 0.408 e. The molecule has 0 aromatic heterocycles. The first-order valence-electron chi connectivity index (χ1n) is 6.34. The predicted octanol–water partition coefficient (Wildman–Crippen LogP) is 2.36. The quantitative estimate of drug-likeness (QED) is 0.719. The van der Waals surface area contributed by atoms with Gasteiger partial charge in [0.25, 0.3) is 0 Å². The first-order chi connectivity index (χ1) is 8.56. The second-order valence-electron chi connectivity index (χ2n) is 4.76. The Balaban J connectivity index is 2.42. The lowest BCUT2D eigenvalue weighted by Crippen LogP contribution is -2.49. The molecule has 18 heavy (non-hydrogen) atoms. The van der Waals surface area contributed by atoms with Gasteiger partial charge in [0.1, 0.15) is 6.04 Å². The van der Waals surface area contributed by atoms with Crippen LogP contribution in [0.3, 0.4) is 0 Å². The van der Waals surface area contributed by atoms with Gasteiger partial charge in [0.15, 0.2) is 0 Å². The lowest BCUT2D eigenvalue weighted by Gasteiger charge is -2.35. The number of carboxylic acids is 1. The Hall–Kier alpha value is -1.33. The molecule has 2 atom stereocenters. The third-order valence-electron chi connectivity index (χ3n) is 3.49. The van der Waals surface area contributed by atoms with Crippen LogP contribution in [0.2, 0.25) is 0 Å². The summed E-state index contributed by atoms with van der Waals surface area (Å²) in [5.41, 5.74) is 0. The molecule has 0 aromatic carbocycles. The Morgan fingerprint density at radius 1 is 1.22 bits per heavy atom. The molecule has 0 saturated carbocycles. The van der Waals surface area contributed by atoms with E-state index in [1.165, 1.54) is 0 Å². The minimum Gasteiger partial charge on any atom is -0.480 e. The fraction of sp³-hybridized carbons (Fsp3) is 0.833. The van der Waals surface area contributed by atoms with Gasteiger partial charge in [-0.05, 0) is 25.2 Å². The van der Waals surface area contributed by atoms with Crippen LogP contribution in [0.5, 0.6) is 0 Å². The Morgan fingerprint density at radius 3 is 2.50 bits per heavy atom. The Bertz CT molecular complexity index is 298. The third kappa shape index (κ3) is 4.16. The summed E-state index contributed by atoms with van der Waals surface area (Å²) in [7, 11) is 0. The molecule has 1 aliphatic rings. The SMILES string of the molecule is O=C(O)C1CC(CCCCCF)CCN1C(=O)O. The third-order valence-corrected chi connectivity index (χ3v) is 3.49. The van der Waals surface area contributed by atoms with E-state index in [1.807, 2.05) is 0 Å². The number of hydrogen-bond acceptors (Lipinski definition) is 2. The van der Waals surface area contributed by atoms with Gasteiger partial charge in [-0.2, -0.15) is 0 Å². The Morgan fingerprint density at radius 2 is 1.94 bits per heavy atom. The Labute approximate surface area is 106 Å². The van der Waals surface area contributed by atoms with Gasteiger partial charge in [0, 0.05) is 6.54 Å². The van der Waals surface area contributed by atoms with Crippen LogP contribution in [-0.4, -0.2) is 46.4 Å². The summed E-state index contributed by atoms with van der Waals surface area (Å²) in [4.78, 5) is 22.9. The number of piperidine rings is 1. The summed E-state index contributed by atoms with van der Waals surface area (Å²) in [5.74, 6) is -0.841. The van der Waals surface area contributed by atoms with Crippen molar-refractivity contribution in [1.29, 1.82) is 0 Å². The first kappa shape index (κ1) is 14.7. The van der Waals surface area contributed by atoms with Crippen LogP contribution in [-0.2, 0) is 4.79 Å². The smallest absolute Gasteiger partial charge is 0.408 e. The second-order valence-corrected chi connectivity index (χ2v) is 4.76. The van der Waals surface area contributed by atoms with Crippen molar-refractivity contribution in [2.75, 3.05) is 13.2 Å². The van der Waals surface area contributed by atoms with E-state index in [0.717, 1.165) is 24.2 Å². The van der Waals surface area contributed by atoms with Gasteiger partial charge in [0.2, 0.25) is 0 Å². The van der Waals surface area contributed by atoms with Crippen molar-refractivity contribution in [2.45, 2.75) is 44.6 Å². The van der Waals surface area contributed by atoms with E-state index in [-0.39, 0.29) is 19.1 Å². The molecule has 1 fully saturated rings. The fourth-order valence-corrected chi connectivity index (χ4v) is 2.47. The van der Waals surface area contributed by atoms with Crippen molar-refractivity contribution in [2.24, 2.45) is 5.92 Å². The molecule has 1 rings (SSSR count). The minimum atomic E-state index is -1.17. The van der Waals surface area contributed by atoms with Crippen LogP contribution >= 0.6 is 0 Å². The second kappa shape index (κ2) is 7.18. The van der Waals surface area contributed by atoms with Crippen molar-refractivity contribution in [3.05, 3.63) is 0 Å². The molecule has 0 aliphatic carbocycles. The largest absolute Gasteiger partial charge is 0.480 e. The molecule has 2 unspecified atom stereocenters. The zero-order chi connectivity index (χ0) is 13.5. The molecule has 0 spiro atoms. The number of halogens is 1. The molecule has 2 N–H and O–H groups in total. The molecule has 1 aliphatic heterocycles. The van der Waals surface area contributed by atoms with Crippen LogP contribution < -0.4 is 0 Å². The highest BCUT2D eigenvalue weighted by atomic mass is 19.1. The minimum absolute atomic E-state index is 0.237. The number of aliphatic carboxylic acids is 1. The number of rotatable bonds is 6. The lowest BCUT2D eigenvalue weighted by molar-refractivity contribution is -0.144. The van der Waals surface area contributed by atoms with Crippen molar-refractivity contribution >= 4 is 12.1 Å². The highest BCUT2D eigenvalue weighted by molar-refractivity contribution is 5.79. The van der Waals surface area contributed by atoms with Crippen molar-refractivity contribution in [3.63, 3.8) is 0 Å². The predicted molar refractivity (Wildman–Crippen MR) is 63.3 cm³/mol. The van der Waals surface area contributed by atoms with Crippen LogP contribution in [0.1, 0.15) is 38.5 Å². The van der Waals surface area contributed by atoms with Gasteiger partial charge in [-0.1, -0.05) is 19.3 Å². The standard InChI is InChI=1S/C12H20FNO4/c13-6-3-1-2-4-9-5-7-14(12(17)18)10(8-9)11(15)16/h9-10H,1-8H2,(H,15,16)(H,17,18). The van der Waals surface area contributed by atoms with Gasteiger partial charge >= 0.3 is 12.1 Å². The van der Waals surface area contributed by atoms with Crippen LogP contribution in [0.4, 0.5) is 9.18 Å². The van der Waals surface area contributed by atoms with Crippen molar-refractivity contribution in [1.82, 2.24) is 4.90 Å². The monoisotopic (exact) mass is 261 g/mol. The number of hydrogen-bond donors (Lipinski definition) is 2. The average molecular weight is 261 g/mol. The highest BCUT2D eigenvalue weighted by Gasteiger charge is 2.35. The van der Waals surface area contributed by atoms with E-state index >= 15 is 0 Å². The van der Waals surface area contributed by atoms with Gasteiger partial charge in [-0.25, -0.2) is 9.59 Å². The van der Waals surface area contributed by atoms with Gasteiger partial charge < -0.3 is 10.2 Å². The number of unbranched alkanes of at least 4 members (excludes halogenated alkanes) is 2. The number of nitrogens with zero attached hydrogens (tertiary/aromatic N) is 1. The van der Waals surface area contributed by atoms with E-state index in [2.05, 4.69) is 0 Å². The average Bonchev–Trinajstić information content (AvgIpc) is 2.34. The molecule has 104 valence electrons. The molecule has 1 heterocycles. The maximum absolute atomic E-state index is 11.9. The molecule has 0 radical (unpaired) electrons. The normalized spacial score (nSPS) is 23.9. The number of carboxylic acid groups (broad SMARTS) is 2. The maximum atomic E-state index is 11.9. The topological polar surface area (TPSA) is 77.8 Å². The Kier molecular flexibility index (Phi) is 5.88. The summed E-state index contributed by atoms with van der Waals surface area (Å²) < 4.78 is 11.9. The zero-order valence-electron chi connectivity index (χ0n) is 10.3. The summed E-state index contributed by atoms with van der Waals surface area (Å²) in [6, 6.07) is -0.928. The van der Waals surface area contributed by atoms with Crippen molar-refractivity contribution in [3.8, 4) is 0 Å². The van der Waals surface area contributed by atoms with Gasteiger partial charge in [-0.15, -0.1) is 0 Å². The lowest BCUT2D eigenvalue weighted by atomic mass is 9.87. The molecular weight excluding hydrogens is 241 g/mol. The summed E-state index contributed by atoms with van der Waals surface area (Å²) in [6.07, 6.45) is 3.01. The van der Waals surface area contributed by atoms with Crippen LogP contribution in [0.25, 0.3) is 0 Å². The fourth-order valence-electron chi connectivity index (χ4n) is 2.47. The number of alkyl halides is 1. The summed E-state index contributed by atoms with van der Waals surface area (Å²) in [5, 5.41) is 17.9. The van der Waals surface area contributed by atoms with E-state index < -0.39 is 18.1 Å². The van der Waals surface area contributed by atoms with E-state index in [9.17, 15) is 14.0 Å². The number of carbonyl (C=O) groups is 2. The van der Waals surface area contributed by atoms with Crippen LogP contribution in [0, 0.1) is 5.92 Å². The van der Waals surface area contributed by atoms with E-state index in [4.69, 9.17) is 10.2 Å². The summed E-state index contributed by atoms with van der Waals surface area (Å²) in [6.45, 7) is -0.0325. The highest BCUT2D eigenvalue weighted by Crippen LogP contribution is 2.27. The molecule has 0 aromatic rings. The van der Waals surface area contributed by atoms with E-state index in [0.29, 0.717) is 19.3 Å². The summed E-state index contributed by atoms with van der Waals surface area (Å²) >= 11 is 0. The molecule has 1 saturated heterocycles. The molecule has 1 amide bonds. The van der Waals surface area contributed by atoms with E-state index in [1.54, 1.807) is 0 Å². The zero-order valence-corrected chi connectivity index (χ0v) is 10.3. The number of amides is 1. The molecule has 0 bridgehead atoms. The molecular formula is C12H20FNO4. The molecule has 5 nitrogen and oxygen atoms in total. The van der Waals surface area contributed by atoms with Gasteiger partial charge in [-0.3, -0.25) is 9.29 Å². The molecule has 6 heteroatoms. The van der Waals surface area contributed by atoms with Crippen LogP contribution in [0.15, 0.2) is 0 Å². The number of likely N-dealkylation sites (tertiary alicyclic amines) is 1. The first-order valence-corrected chi connectivity index (χ1v) is 6.34. The van der Waals surface area contributed by atoms with Gasteiger partial charge in [0.05, 0.1) is 6.67 Å².